The van der Waals surface area contributed by atoms with Crippen molar-refractivity contribution in [2.24, 2.45) is 5.10 Å². The van der Waals surface area contributed by atoms with Gasteiger partial charge in [-0.05, 0) is 24.3 Å². The van der Waals surface area contributed by atoms with Crippen LogP contribution in [0.1, 0.15) is 5.76 Å². The molecule has 1 aliphatic heterocycles. The van der Waals surface area contributed by atoms with E-state index in [1.165, 1.54) is 0 Å². The van der Waals surface area contributed by atoms with Crippen LogP contribution >= 0.6 is 11.8 Å². The van der Waals surface area contributed by atoms with Crippen molar-refractivity contribution in [3.8, 4) is 28.6 Å². The van der Waals surface area contributed by atoms with E-state index in [4.69, 9.17) is 23.7 Å². The first-order valence-electron chi connectivity index (χ1n) is 9.17. The van der Waals surface area contributed by atoms with Gasteiger partial charge in [-0.25, -0.2) is 0 Å². The van der Waals surface area contributed by atoms with Gasteiger partial charge >= 0.3 is 0 Å². The quantitative estimate of drug-likeness (QED) is 0.479. The summed E-state index contributed by atoms with van der Waals surface area (Å²) < 4.78 is 24.1. The lowest BCUT2D eigenvalue weighted by molar-refractivity contribution is 0.324. The number of para-hydroxylation sites is 1. The van der Waals surface area contributed by atoms with Crippen LogP contribution < -0.4 is 14.2 Å². The molecular weight excluding hydrogens is 404 g/mol. The van der Waals surface area contributed by atoms with E-state index in [9.17, 15) is 0 Å². The summed E-state index contributed by atoms with van der Waals surface area (Å²) >= 11 is 1.56. The largest absolute Gasteiger partial charge is 0.493 e. The van der Waals surface area contributed by atoms with E-state index in [1.54, 1.807) is 37.8 Å². The molecule has 0 spiro atoms. The molecule has 0 fully saturated rings. The predicted octanol–water partition coefficient (Wildman–Crippen LogP) is 4.08. The van der Waals surface area contributed by atoms with Crippen molar-refractivity contribution in [3.63, 3.8) is 0 Å². The van der Waals surface area contributed by atoms with Crippen molar-refractivity contribution in [2.45, 2.75) is 5.16 Å². The second-order valence-electron chi connectivity index (χ2n) is 6.52. The number of hydrogen-bond acceptors (Lipinski definition) is 8. The van der Waals surface area contributed by atoms with Crippen molar-refractivity contribution in [2.75, 3.05) is 27.1 Å². The molecule has 0 bridgehead atoms. The second-order valence-corrected chi connectivity index (χ2v) is 7.46. The van der Waals surface area contributed by atoms with Gasteiger partial charge in [-0.15, -0.1) is 10.2 Å². The summed E-state index contributed by atoms with van der Waals surface area (Å²) in [6, 6.07) is 13.6. The van der Waals surface area contributed by atoms with Crippen molar-refractivity contribution in [1.29, 1.82) is 0 Å². The summed E-state index contributed by atoms with van der Waals surface area (Å²) in [5.41, 5.74) is 2.40. The Morgan fingerprint density at radius 3 is 2.43 bits per heavy atom. The Kier molecular flexibility index (Phi) is 4.59. The van der Waals surface area contributed by atoms with Gasteiger partial charge in [-0.1, -0.05) is 30.0 Å². The van der Waals surface area contributed by atoms with Crippen molar-refractivity contribution in [3.05, 3.63) is 48.2 Å². The Balaban J connectivity index is 1.61. The number of furan rings is 1. The molecule has 0 amide bonds. The Labute approximate surface area is 176 Å². The second kappa shape index (κ2) is 7.42. The molecule has 1 aliphatic rings. The number of ether oxygens (including phenoxy) is 3. The van der Waals surface area contributed by atoms with Crippen LogP contribution in [0.3, 0.4) is 0 Å². The Morgan fingerprint density at radius 2 is 1.73 bits per heavy atom. The molecule has 0 unspecified atom stereocenters. The first kappa shape index (κ1) is 18.6. The van der Waals surface area contributed by atoms with Crippen LogP contribution in [0.25, 0.3) is 22.4 Å². The molecule has 0 atom stereocenters. The van der Waals surface area contributed by atoms with E-state index < -0.39 is 0 Å². The molecule has 2 aromatic carbocycles. The van der Waals surface area contributed by atoms with Crippen LogP contribution in [-0.2, 0) is 0 Å². The molecular formula is C21H18N4O4S. The molecule has 3 heterocycles. The van der Waals surface area contributed by atoms with Gasteiger partial charge < -0.3 is 18.6 Å². The molecule has 0 N–H and O–H groups in total. The topological polar surface area (TPSA) is 83.9 Å². The molecule has 2 aromatic heterocycles. The zero-order valence-corrected chi connectivity index (χ0v) is 17.4. The van der Waals surface area contributed by atoms with Gasteiger partial charge in [0.15, 0.2) is 23.1 Å². The minimum absolute atomic E-state index is 0.517. The maximum absolute atomic E-state index is 5.99. The van der Waals surface area contributed by atoms with Crippen LogP contribution in [0.5, 0.6) is 17.2 Å². The molecule has 0 saturated heterocycles. The van der Waals surface area contributed by atoms with E-state index in [0.29, 0.717) is 34.0 Å². The van der Waals surface area contributed by atoms with E-state index in [1.807, 2.05) is 42.5 Å². The summed E-state index contributed by atoms with van der Waals surface area (Å²) in [5, 5.41) is 15.2. The molecule has 152 valence electrons. The van der Waals surface area contributed by atoms with Gasteiger partial charge in [-0.2, -0.15) is 9.78 Å². The monoisotopic (exact) mass is 422 g/mol. The van der Waals surface area contributed by atoms with E-state index in [-0.39, 0.29) is 0 Å². The summed E-state index contributed by atoms with van der Waals surface area (Å²) in [6.07, 6.45) is 0. The fraction of sp³-hybridized carbons (Fsp3) is 0.190. The maximum Gasteiger partial charge on any atom is 0.212 e. The molecule has 4 aromatic rings. The molecule has 0 radical (unpaired) electrons. The van der Waals surface area contributed by atoms with E-state index >= 15 is 0 Å². The SMILES string of the molecule is COc1cc(-c2nnc3n2N=C(c2cc4ccccc4o2)CS3)cc(OC)c1OC. The Bertz CT molecular complexity index is 1220. The van der Waals surface area contributed by atoms with Crippen LogP contribution in [-0.4, -0.2) is 47.7 Å². The third-order valence-electron chi connectivity index (χ3n) is 4.80. The highest BCUT2D eigenvalue weighted by Gasteiger charge is 2.24. The highest BCUT2D eigenvalue weighted by atomic mass is 32.2. The molecule has 0 aliphatic carbocycles. The van der Waals surface area contributed by atoms with Crippen molar-refractivity contribution >= 4 is 28.4 Å². The first-order valence-corrected chi connectivity index (χ1v) is 10.2. The summed E-state index contributed by atoms with van der Waals surface area (Å²) in [4.78, 5) is 0. The fourth-order valence-electron chi connectivity index (χ4n) is 3.36. The lowest BCUT2D eigenvalue weighted by Gasteiger charge is -2.15. The zero-order chi connectivity index (χ0) is 20.7. The zero-order valence-electron chi connectivity index (χ0n) is 16.6. The third kappa shape index (κ3) is 2.98. The maximum atomic E-state index is 5.99. The van der Waals surface area contributed by atoms with Gasteiger partial charge in [0.2, 0.25) is 10.9 Å². The average molecular weight is 422 g/mol. The predicted molar refractivity (Wildman–Crippen MR) is 114 cm³/mol. The molecule has 8 nitrogen and oxygen atoms in total. The highest BCUT2D eigenvalue weighted by molar-refractivity contribution is 7.99. The fourth-order valence-corrected chi connectivity index (χ4v) is 4.18. The van der Waals surface area contributed by atoms with Crippen LogP contribution in [0.4, 0.5) is 0 Å². The lowest BCUT2D eigenvalue weighted by atomic mass is 10.1. The summed E-state index contributed by atoms with van der Waals surface area (Å²) in [5.74, 6) is 3.54. The van der Waals surface area contributed by atoms with E-state index in [2.05, 4.69) is 10.2 Å². The van der Waals surface area contributed by atoms with Gasteiger partial charge in [0.25, 0.3) is 0 Å². The standard InChI is InChI=1S/C21H18N4O4S/c1-26-17-9-13(10-18(27-2)19(17)28-3)20-22-23-21-25(20)24-14(11-30-21)16-8-12-6-4-5-7-15(12)29-16/h4-10H,11H2,1-3H3. The van der Waals surface area contributed by atoms with Crippen LogP contribution in [0, 0.1) is 0 Å². The normalized spacial score (nSPS) is 13.1. The van der Waals surface area contributed by atoms with Gasteiger partial charge in [-0.3, -0.25) is 0 Å². The highest BCUT2D eigenvalue weighted by Crippen LogP contribution is 2.41. The molecule has 0 saturated carbocycles. The van der Waals surface area contributed by atoms with Gasteiger partial charge in [0.05, 0.1) is 21.3 Å². The van der Waals surface area contributed by atoms with Gasteiger partial charge in [0.1, 0.15) is 11.3 Å². The number of hydrogen-bond donors (Lipinski definition) is 0. The molecule has 30 heavy (non-hydrogen) atoms. The van der Waals surface area contributed by atoms with Crippen molar-refractivity contribution in [1.82, 2.24) is 14.9 Å². The smallest absolute Gasteiger partial charge is 0.212 e. The summed E-state index contributed by atoms with van der Waals surface area (Å²) in [7, 11) is 4.72. The molecule has 9 heteroatoms. The Hall–Kier alpha value is -3.46. The van der Waals surface area contributed by atoms with Gasteiger partial charge in [0, 0.05) is 16.7 Å². The number of nitrogens with zero attached hydrogens (tertiary/aromatic N) is 4. The number of aromatic nitrogens is 3. The number of thioether (sulfide) groups is 1. The average Bonchev–Trinajstić information content (AvgIpc) is 3.41. The molecule has 5 rings (SSSR count). The number of benzene rings is 2. The van der Waals surface area contributed by atoms with Crippen molar-refractivity contribution < 1.29 is 18.6 Å². The van der Waals surface area contributed by atoms with E-state index in [0.717, 1.165) is 28.0 Å². The third-order valence-corrected chi connectivity index (χ3v) is 5.73. The number of rotatable bonds is 5. The first-order chi connectivity index (χ1) is 14.7. The number of methoxy groups -OCH3 is 3. The minimum atomic E-state index is 0.517. The Morgan fingerprint density at radius 1 is 0.967 bits per heavy atom. The lowest BCUT2D eigenvalue weighted by Crippen LogP contribution is -2.13. The minimum Gasteiger partial charge on any atom is -0.493 e. The van der Waals surface area contributed by atoms with Crippen LogP contribution in [0.15, 0.2) is 57.1 Å². The summed E-state index contributed by atoms with van der Waals surface area (Å²) in [6.45, 7) is 0. The number of fused-ring (bicyclic) bond motifs is 2. The van der Waals surface area contributed by atoms with Crippen LogP contribution in [0.2, 0.25) is 0 Å².